The quantitative estimate of drug-likeness (QED) is 0.476. The number of amides is 2. The fourth-order valence-corrected chi connectivity index (χ4v) is 3.24. The first-order valence-electron chi connectivity index (χ1n) is 10.2. The van der Waals surface area contributed by atoms with Crippen molar-refractivity contribution >= 4 is 22.7 Å². The summed E-state index contributed by atoms with van der Waals surface area (Å²) >= 11 is 0. The van der Waals surface area contributed by atoms with Gasteiger partial charge in [-0.3, -0.25) is 19.3 Å². The Hall–Kier alpha value is -3.63. The first-order valence-corrected chi connectivity index (χ1v) is 10.2. The predicted octanol–water partition coefficient (Wildman–Crippen LogP) is 2.52. The van der Waals surface area contributed by atoms with Crippen LogP contribution in [0.1, 0.15) is 23.7 Å². The van der Waals surface area contributed by atoms with Crippen LogP contribution in [0.3, 0.4) is 0 Å². The summed E-state index contributed by atoms with van der Waals surface area (Å²) in [6.07, 6.45) is -0.968. The molecule has 33 heavy (non-hydrogen) atoms. The molecule has 2 amide bonds. The number of halogens is 3. The normalized spacial score (nSPS) is 11.4. The van der Waals surface area contributed by atoms with Crippen LogP contribution in [-0.2, 0) is 22.6 Å². The second-order valence-corrected chi connectivity index (χ2v) is 7.53. The Labute approximate surface area is 188 Å². The van der Waals surface area contributed by atoms with Gasteiger partial charge in [-0.1, -0.05) is 12.1 Å². The van der Waals surface area contributed by atoms with Gasteiger partial charge in [0.05, 0.1) is 24.2 Å². The number of rotatable bonds is 9. The molecule has 0 radical (unpaired) electrons. The first-order chi connectivity index (χ1) is 15.6. The molecule has 0 aliphatic carbocycles. The number of ether oxygens (including phenoxy) is 1. The van der Waals surface area contributed by atoms with Crippen LogP contribution in [0.2, 0.25) is 0 Å². The molecule has 8 nitrogen and oxygen atoms in total. The molecule has 2 aromatic heterocycles. The summed E-state index contributed by atoms with van der Waals surface area (Å²) in [5.74, 6) is -0.211. The maximum atomic E-state index is 12.4. The molecular weight excluding hydrogens is 439 g/mol. The average Bonchev–Trinajstić information content (AvgIpc) is 3.13. The zero-order chi connectivity index (χ0) is 24.0. The summed E-state index contributed by atoms with van der Waals surface area (Å²) in [7, 11) is 0. The van der Waals surface area contributed by atoms with Gasteiger partial charge < -0.3 is 15.4 Å². The molecule has 3 rings (SSSR count). The number of fused-ring (bicyclic) bond motifs is 1. The SMILES string of the molecule is CC(=O)NCCNC(=O)Cc1nccc2nn(Cc3ccc(OCC(F)(F)F)c(C)c3)cc12. The molecule has 0 atom stereocenters. The number of pyridine rings is 1. The highest BCUT2D eigenvalue weighted by Crippen LogP contribution is 2.24. The zero-order valence-corrected chi connectivity index (χ0v) is 18.2. The van der Waals surface area contributed by atoms with Crippen molar-refractivity contribution in [2.24, 2.45) is 0 Å². The van der Waals surface area contributed by atoms with Gasteiger partial charge in [0.15, 0.2) is 6.61 Å². The molecule has 0 aliphatic rings. The van der Waals surface area contributed by atoms with Crippen molar-refractivity contribution < 1.29 is 27.5 Å². The van der Waals surface area contributed by atoms with Crippen LogP contribution in [0, 0.1) is 6.92 Å². The van der Waals surface area contributed by atoms with E-state index in [0.29, 0.717) is 36.4 Å². The summed E-state index contributed by atoms with van der Waals surface area (Å²) in [6.45, 7) is 2.79. The van der Waals surface area contributed by atoms with E-state index in [-0.39, 0.29) is 24.0 Å². The van der Waals surface area contributed by atoms with Crippen LogP contribution in [0.4, 0.5) is 13.2 Å². The monoisotopic (exact) mass is 463 g/mol. The van der Waals surface area contributed by atoms with Crippen molar-refractivity contribution in [3.05, 3.63) is 53.5 Å². The lowest BCUT2D eigenvalue weighted by atomic mass is 10.1. The van der Waals surface area contributed by atoms with Crippen LogP contribution >= 0.6 is 0 Å². The van der Waals surface area contributed by atoms with Crippen molar-refractivity contribution in [1.29, 1.82) is 0 Å². The third-order valence-electron chi connectivity index (χ3n) is 4.69. The molecule has 176 valence electrons. The minimum absolute atomic E-state index is 0.0630. The maximum absolute atomic E-state index is 12.4. The van der Waals surface area contributed by atoms with Gasteiger partial charge in [0.2, 0.25) is 11.8 Å². The van der Waals surface area contributed by atoms with E-state index in [1.54, 1.807) is 42.2 Å². The van der Waals surface area contributed by atoms with E-state index in [0.717, 1.165) is 10.9 Å². The van der Waals surface area contributed by atoms with Gasteiger partial charge in [0.1, 0.15) is 5.75 Å². The Morgan fingerprint density at radius 2 is 1.91 bits per heavy atom. The molecule has 1 aromatic carbocycles. The van der Waals surface area contributed by atoms with E-state index < -0.39 is 12.8 Å². The summed E-state index contributed by atoms with van der Waals surface area (Å²) < 4.78 is 43.7. The number of carbonyl (C=O) groups excluding carboxylic acids is 2. The van der Waals surface area contributed by atoms with Gasteiger partial charge in [-0.05, 0) is 30.2 Å². The zero-order valence-electron chi connectivity index (χ0n) is 18.2. The van der Waals surface area contributed by atoms with E-state index in [2.05, 4.69) is 20.7 Å². The maximum Gasteiger partial charge on any atom is 0.422 e. The fraction of sp³-hybridized carbons (Fsp3) is 0.364. The lowest BCUT2D eigenvalue weighted by Crippen LogP contribution is -2.34. The van der Waals surface area contributed by atoms with E-state index in [1.807, 2.05) is 0 Å². The van der Waals surface area contributed by atoms with Gasteiger partial charge in [-0.15, -0.1) is 0 Å². The third kappa shape index (κ3) is 7.19. The first kappa shape index (κ1) is 24.0. The third-order valence-corrected chi connectivity index (χ3v) is 4.69. The molecule has 0 aliphatic heterocycles. The fourth-order valence-electron chi connectivity index (χ4n) is 3.24. The molecule has 11 heteroatoms. The van der Waals surface area contributed by atoms with Crippen LogP contribution < -0.4 is 15.4 Å². The summed E-state index contributed by atoms with van der Waals surface area (Å²) in [6, 6.07) is 6.69. The minimum Gasteiger partial charge on any atom is -0.484 e. The number of benzene rings is 1. The molecule has 0 saturated carbocycles. The van der Waals surface area contributed by atoms with E-state index in [1.165, 1.54) is 13.0 Å². The Balaban J connectivity index is 1.66. The molecule has 3 aromatic rings. The minimum atomic E-state index is -4.39. The highest BCUT2D eigenvalue weighted by Gasteiger charge is 2.28. The number of aryl methyl sites for hydroxylation is 1. The van der Waals surface area contributed by atoms with Crippen LogP contribution in [-0.4, -0.2) is 52.5 Å². The topological polar surface area (TPSA) is 98.1 Å². The van der Waals surface area contributed by atoms with Gasteiger partial charge >= 0.3 is 6.18 Å². The predicted molar refractivity (Wildman–Crippen MR) is 115 cm³/mol. The summed E-state index contributed by atoms with van der Waals surface area (Å²) in [4.78, 5) is 27.4. The number of nitrogens with one attached hydrogen (secondary N) is 2. The van der Waals surface area contributed by atoms with Gasteiger partial charge in [-0.2, -0.15) is 18.3 Å². The van der Waals surface area contributed by atoms with Crippen LogP contribution in [0.15, 0.2) is 36.7 Å². The number of alkyl halides is 3. The Kier molecular flexibility index (Phi) is 7.52. The Morgan fingerprint density at radius 1 is 1.15 bits per heavy atom. The molecule has 0 fully saturated rings. The summed E-state index contributed by atoms with van der Waals surface area (Å²) in [5, 5.41) is 10.6. The van der Waals surface area contributed by atoms with Crippen molar-refractivity contribution in [1.82, 2.24) is 25.4 Å². The molecule has 0 saturated heterocycles. The largest absolute Gasteiger partial charge is 0.484 e. The number of hydrogen-bond donors (Lipinski definition) is 2. The van der Waals surface area contributed by atoms with Crippen molar-refractivity contribution in [3.8, 4) is 5.75 Å². The Bertz CT molecular complexity index is 1140. The lowest BCUT2D eigenvalue weighted by Gasteiger charge is -2.12. The van der Waals surface area contributed by atoms with Gasteiger partial charge in [-0.25, -0.2) is 0 Å². The average molecular weight is 463 g/mol. The van der Waals surface area contributed by atoms with Crippen molar-refractivity contribution in [3.63, 3.8) is 0 Å². The smallest absolute Gasteiger partial charge is 0.422 e. The number of hydrogen-bond acceptors (Lipinski definition) is 5. The van der Waals surface area contributed by atoms with Gasteiger partial charge in [0.25, 0.3) is 0 Å². The standard InChI is InChI=1S/C22H24F3N5O3/c1-14-9-16(3-4-20(14)33-13-22(23,24)25)11-30-12-17-18(29-30)5-6-27-19(17)10-21(32)28-8-7-26-15(2)31/h3-6,9,12H,7-8,10-11,13H2,1-2H3,(H,26,31)(H,28,32). The van der Waals surface area contributed by atoms with E-state index in [4.69, 9.17) is 4.74 Å². The highest BCUT2D eigenvalue weighted by molar-refractivity contribution is 5.86. The molecule has 0 bridgehead atoms. The molecular formula is C22H24F3N5O3. The Morgan fingerprint density at radius 3 is 2.61 bits per heavy atom. The van der Waals surface area contributed by atoms with Gasteiger partial charge in [0, 0.05) is 37.8 Å². The number of nitrogens with zero attached hydrogens (tertiary/aromatic N) is 3. The second kappa shape index (κ2) is 10.3. The number of aromatic nitrogens is 3. The molecule has 2 heterocycles. The second-order valence-electron chi connectivity index (χ2n) is 7.53. The van der Waals surface area contributed by atoms with Crippen molar-refractivity contribution in [2.45, 2.75) is 33.0 Å². The lowest BCUT2D eigenvalue weighted by molar-refractivity contribution is -0.153. The molecule has 2 N–H and O–H groups in total. The summed E-state index contributed by atoms with van der Waals surface area (Å²) in [5.41, 5.74) is 2.67. The molecule has 0 spiro atoms. The van der Waals surface area contributed by atoms with E-state index >= 15 is 0 Å². The number of carbonyl (C=O) groups is 2. The van der Waals surface area contributed by atoms with Crippen molar-refractivity contribution in [2.75, 3.05) is 19.7 Å². The van der Waals surface area contributed by atoms with Crippen LogP contribution in [0.5, 0.6) is 5.75 Å². The van der Waals surface area contributed by atoms with Crippen LogP contribution in [0.25, 0.3) is 10.9 Å². The van der Waals surface area contributed by atoms with E-state index in [9.17, 15) is 22.8 Å². The molecule has 0 unspecified atom stereocenters. The highest BCUT2D eigenvalue weighted by atomic mass is 19.4.